The van der Waals surface area contributed by atoms with Gasteiger partial charge >= 0.3 is 5.97 Å². The van der Waals surface area contributed by atoms with Crippen molar-refractivity contribution in [3.8, 4) is 0 Å². The fourth-order valence-electron chi connectivity index (χ4n) is 3.47. The highest BCUT2D eigenvalue weighted by atomic mass is 16.5. The van der Waals surface area contributed by atoms with Crippen molar-refractivity contribution in [2.75, 3.05) is 6.61 Å². The van der Waals surface area contributed by atoms with Gasteiger partial charge in [0.25, 0.3) is 0 Å². The summed E-state index contributed by atoms with van der Waals surface area (Å²) in [6.45, 7) is 4.43. The molecule has 0 heterocycles. The van der Waals surface area contributed by atoms with Gasteiger partial charge in [0.1, 0.15) is 6.04 Å². The molecule has 0 aromatic rings. The number of rotatable bonds is 14. The average molecular weight is 354 g/mol. The van der Waals surface area contributed by atoms with Gasteiger partial charge in [0.05, 0.1) is 6.61 Å². The molecule has 146 valence electrons. The summed E-state index contributed by atoms with van der Waals surface area (Å²) in [4.78, 5) is 23.9. The van der Waals surface area contributed by atoms with E-state index in [1.54, 1.807) is 6.92 Å². The Morgan fingerprint density at radius 3 is 2.00 bits per heavy atom. The Hall–Kier alpha value is -1.06. The number of ether oxygens (including phenoxy) is 1. The molecule has 1 fully saturated rings. The van der Waals surface area contributed by atoms with Gasteiger partial charge in [-0.3, -0.25) is 4.79 Å². The summed E-state index contributed by atoms with van der Waals surface area (Å²) in [5.74, 6) is -0.194. The molecule has 1 atom stereocenters. The van der Waals surface area contributed by atoms with Crippen molar-refractivity contribution in [3.05, 3.63) is 0 Å². The van der Waals surface area contributed by atoms with E-state index in [2.05, 4.69) is 12.2 Å². The van der Waals surface area contributed by atoms with E-state index in [1.165, 1.54) is 51.4 Å². The Kier molecular flexibility index (Phi) is 12.4. The molecule has 4 nitrogen and oxygen atoms in total. The molecule has 1 amide bonds. The standard InChI is InChI=1S/C21H39NO3/c1-3-4-5-6-7-8-9-10-11-14-17-25-21(24)18(2)22-20(23)19-15-12-13-16-19/h18-19H,3-17H2,1-2H3,(H,22,23)/t18-/m0/s1. The molecule has 0 aromatic heterocycles. The molecule has 1 N–H and O–H groups in total. The van der Waals surface area contributed by atoms with E-state index in [-0.39, 0.29) is 17.8 Å². The van der Waals surface area contributed by atoms with Crippen molar-refractivity contribution in [1.82, 2.24) is 5.32 Å². The number of carbonyl (C=O) groups is 2. The predicted octanol–water partition coefficient (Wildman–Crippen LogP) is 5.15. The van der Waals surface area contributed by atoms with Crippen LogP contribution in [0.3, 0.4) is 0 Å². The first kappa shape index (κ1) is 22.0. The van der Waals surface area contributed by atoms with Gasteiger partial charge in [-0.15, -0.1) is 0 Å². The predicted molar refractivity (Wildman–Crippen MR) is 102 cm³/mol. The molecule has 25 heavy (non-hydrogen) atoms. The Morgan fingerprint density at radius 1 is 0.920 bits per heavy atom. The minimum atomic E-state index is -0.531. The normalized spacial score (nSPS) is 15.9. The van der Waals surface area contributed by atoms with E-state index in [4.69, 9.17) is 4.74 Å². The molecule has 4 heteroatoms. The van der Waals surface area contributed by atoms with Gasteiger partial charge < -0.3 is 10.1 Å². The van der Waals surface area contributed by atoms with Crippen molar-refractivity contribution in [1.29, 1.82) is 0 Å². The lowest BCUT2D eigenvalue weighted by Crippen LogP contribution is -2.42. The number of carbonyl (C=O) groups excluding carboxylic acids is 2. The minimum Gasteiger partial charge on any atom is -0.464 e. The van der Waals surface area contributed by atoms with Crippen LogP contribution in [0.25, 0.3) is 0 Å². The lowest BCUT2D eigenvalue weighted by Gasteiger charge is -2.16. The second-order valence-corrected chi connectivity index (χ2v) is 7.56. The highest BCUT2D eigenvalue weighted by Gasteiger charge is 2.25. The van der Waals surface area contributed by atoms with Crippen molar-refractivity contribution in [2.24, 2.45) is 5.92 Å². The SMILES string of the molecule is CCCCCCCCCCCCOC(=O)[C@H](C)NC(=O)C1CCCC1. The molecular weight excluding hydrogens is 314 g/mol. The summed E-state index contributed by atoms with van der Waals surface area (Å²) < 4.78 is 5.29. The molecule has 0 aromatic carbocycles. The maximum absolute atomic E-state index is 12.0. The fourth-order valence-corrected chi connectivity index (χ4v) is 3.47. The quantitative estimate of drug-likeness (QED) is 0.347. The molecule has 0 unspecified atom stereocenters. The highest BCUT2D eigenvalue weighted by Crippen LogP contribution is 2.24. The smallest absolute Gasteiger partial charge is 0.328 e. The molecule has 1 aliphatic carbocycles. The Balaban J connectivity index is 1.93. The van der Waals surface area contributed by atoms with Crippen LogP contribution in [-0.2, 0) is 14.3 Å². The lowest BCUT2D eigenvalue weighted by molar-refractivity contribution is -0.147. The first-order chi connectivity index (χ1) is 12.1. The topological polar surface area (TPSA) is 55.4 Å². The number of esters is 1. The number of hydrogen-bond donors (Lipinski definition) is 1. The summed E-state index contributed by atoms with van der Waals surface area (Å²) in [7, 11) is 0. The largest absolute Gasteiger partial charge is 0.464 e. The molecule has 0 spiro atoms. The minimum absolute atomic E-state index is 0.0147. The molecule has 0 aliphatic heterocycles. The van der Waals surface area contributed by atoms with E-state index < -0.39 is 6.04 Å². The van der Waals surface area contributed by atoms with Crippen molar-refractivity contribution >= 4 is 11.9 Å². The summed E-state index contributed by atoms with van der Waals surface area (Å²) in [6, 6.07) is -0.531. The lowest BCUT2D eigenvalue weighted by atomic mass is 10.1. The second-order valence-electron chi connectivity index (χ2n) is 7.56. The third kappa shape index (κ3) is 10.5. The van der Waals surface area contributed by atoms with Crippen LogP contribution < -0.4 is 5.32 Å². The zero-order valence-electron chi connectivity index (χ0n) is 16.5. The summed E-state index contributed by atoms with van der Waals surface area (Å²) in [5, 5.41) is 2.80. The van der Waals surface area contributed by atoms with Crippen LogP contribution in [0.1, 0.15) is 104 Å². The van der Waals surface area contributed by atoms with Gasteiger partial charge in [-0.25, -0.2) is 4.79 Å². The molecule has 0 bridgehead atoms. The fraction of sp³-hybridized carbons (Fsp3) is 0.905. The maximum Gasteiger partial charge on any atom is 0.328 e. The van der Waals surface area contributed by atoms with Crippen LogP contribution in [0, 0.1) is 5.92 Å². The van der Waals surface area contributed by atoms with Gasteiger partial charge in [-0.05, 0) is 26.2 Å². The monoisotopic (exact) mass is 353 g/mol. The average Bonchev–Trinajstić information content (AvgIpc) is 3.14. The number of amides is 1. The van der Waals surface area contributed by atoms with E-state index in [9.17, 15) is 9.59 Å². The van der Waals surface area contributed by atoms with E-state index >= 15 is 0 Å². The molecular formula is C21H39NO3. The molecule has 0 saturated heterocycles. The Morgan fingerprint density at radius 2 is 1.44 bits per heavy atom. The van der Waals surface area contributed by atoms with E-state index in [1.807, 2.05) is 0 Å². The van der Waals surface area contributed by atoms with Gasteiger partial charge in [0, 0.05) is 5.92 Å². The number of hydrogen-bond acceptors (Lipinski definition) is 3. The first-order valence-electron chi connectivity index (χ1n) is 10.6. The molecule has 1 saturated carbocycles. The van der Waals surface area contributed by atoms with E-state index in [0.717, 1.165) is 38.5 Å². The molecule has 0 radical (unpaired) electrons. The van der Waals surface area contributed by atoms with Crippen molar-refractivity contribution in [2.45, 2.75) is 110 Å². The van der Waals surface area contributed by atoms with E-state index in [0.29, 0.717) is 6.61 Å². The van der Waals surface area contributed by atoms with Gasteiger partial charge in [-0.1, -0.05) is 77.6 Å². The van der Waals surface area contributed by atoms with Crippen LogP contribution in [0.2, 0.25) is 0 Å². The van der Waals surface area contributed by atoms with Gasteiger partial charge in [0.2, 0.25) is 5.91 Å². The van der Waals surface area contributed by atoms with Crippen LogP contribution >= 0.6 is 0 Å². The third-order valence-electron chi connectivity index (χ3n) is 5.18. The zero-order valence-corrected chi connectivity index (χ0v) is 16.5. The second kappa shape index (κ2) is 14.1. The third-order valence-corrected chi connectivity index (χ3v) is 5.18. The summed E-state index contributed by atoms with van der Waals surface area (Å²) in [6.07, 6.45) is 16.8. The highest BCUT2D eigenvalue weighted by molar-refractivity contribution is 5.85. The van der Waals surface area contributed by atoms with Crippen LogP contribution in [0.5, 0.6) is 0 Å². The zero-order chi connectivity index (χ0) is 18.3. The molecule has 1 rings (SSSR count). The van der Waals surface area contributed by atoms with Crippen LogP contribution in [0.15, 0.2) is 0 Å². The maximum atomic E-state index is 12.0. The van der Waals surface area contributed by atoms with Crippen LogP contribution in [0.4, 0.5) is 0 Å². The number of nitrogens with one attached hydrogen (secondary N) is 1. The first-order valence-corrected chi connectivity index (χ1v) is 10.6. The Labute approximate surface area is 154 Å². The van der Waals surface area contributed by atoms with Crippen molar-refractivity contribution < 1.29 is 14.3 Å². The van der Waals surface area contributed by atoms with Crippen LogP contribution in [-0.4, -0.2) is 24.5 Å². The van der Waals surface area contributed by atoms with Crippen molar-refractivity contribution in [3.63, 3.8) is 0 Å². The van der Waals surface area contributed by atoms with Gasteiger partial charge in [-0.2, -0.15) is 0 Å². The summed E-state index contributed by atoms with van der Waals surface area (Å²) in [5.41, 5.74) is 0. The Bertz CT molecular complexity index is 364. The van der Waals surface area contributed by atoms with Gasteiger partial charge in [0.15, 0.2) is 0 Å². The summed E-state index contributed by atoms with van der Waals surface area (Å²) >= 11 is 0. The molecule has 1 aliphatic rings. The number of unbranched alkanes of at least 4 members (excludes halogenated alkanes) is 9.